The lowest BCUT2D eigenvalue weighted by Crippen LogP contribution is -2.29. The number of carbonyl (C=O) groups excluding carboxylic acids is 2. The van der Waals surface area contributed by atoms with Gasteiger partial charge in [0.15, 0.2) is 0 Å². The normalized spacial score (nSPS) is 16.7. The first-order chi connectivity index (χ1) is 17.3. The zero-order valence-corrected chi connectivity index (χ0v) is 19.8. The van der Waals surface area contributed by atoms with Crippen LogP contribution in [0.15, 0.2) is 78.4 Å². The number of hydrogen-bond donors (Lipinski definition) is 2. The molecule has 3 aromatic rings. The van der Waals surface area contributed by atoms with Gasteiger partial charge in [0.25, 0.3) is 11.7 Å². The molecule has 0 aromatic heterocycles. The number of aromatic carboxylic acids is 1. The minimum absolute atomic E-state index is 0.0386. The Balaban J connectivity index is 1.81. The van der Waals surface area contributed by atoms with Crippen molar-refractivity contribution in [3.05, 3.63) is 101 Å². The quantitative estimate of drug-likeness (QED) is 0.275. The van der Waals surface area contributed by atoms with Crippen LogP contribution in [-0.4, -0.2) is 46.5 Å². The van der Waals surface area contributed by atoms with Crippen LogP contribution in [0.1, 0.15) is 40.0 Å². The average Bonchev–Trinajstić information content (AvgIpc) is 3.14. The molecule has 1 atom stereocenters. The molecule has 1 aliphatic rings. The van der Waals surface area contributed by atoms with E-state index in [1.165, 1.54) is 24.1 Å². The second kappa shape index (κ2) is 10.4. The molecule has 1 fully saturated rings. The minimum Gasteiger partial charge on any atom is -0.507 e. The largest absolute Gasteiger partial charge is 0.507 e. The van der Waals surface area contributed by atoms with E-state index in [-0.39, 0.29) is 23.4 Å². The highest BCUT2D eigenvalue weighted by Crippen LogP contribution is 2.41. The molecule has 0 radical (unpaired) electrons. The Morgan fingerprint density at radius 3 is 2.22 bits per heavy atom. The van der Waals surface area contributed by atoms with Gasteiger partial charge in [-0.3, -0.25) is 9.59 Å². The van der Waals surface area contributed by atoms with Gasteiger partial charge in [-0.05, 0) is 54.4 Å². The Morgan fingerprint density at radius 1 is 0.917 bits per heavy atom. The molecule has 1 amide bonds. The number of carboxylic acids is 1. The number of Topliss-reactive ketones (excluding diaryl/α,β-unsaturated/α-hetero) is 1. The first-order valence-electron chi connectivity index (χ1n) is 11.3. The van der Waals surface area contributed by atoms with Gasteiger partial charge in [-0.2, -0.15) is 0 Å². The van der Waals surface area contributed by atoms with Crippen LogP contribution in [-0.2, 0) is 16.1 Å². The number of benzene rings is 3. The highest BCUT2D eigenvalue weighted by molar-refractivity contribution is 6.46. The van der Waals surface area contributed by atoms with Crippen LogP contribution in [0.25, 0.3) is 5.76 Å². The van der Waals surface area contributed by atoms with Crippen molar-refractivity contribution < 1.29 is 34.1 Å². The number of rotatable bonds is 8. The first kappa shape index (κ1) is 24.5. The molecule has 0 spiro atoms. The van der Waals surface area contributed by atoms with Crippen molar-refractivity contribution in [3.63, 3.8) is 0 Å². The van der Waals surface area contributed by atoms with Gasteiger partial charge in [0.1, 0.15) is 17.3 Å². The number of likely N-dealkylation sites (tertiary alicyclic amines) is 1. The molecular formula is C28H25NO7. The number of carbonyl (C=O) groups is 3. The lowest BCUT2D eigenvalue weighted by molar-refractivity contribution is -0.140. The van der Waals surface area contributed by atoms with E-state index in [1.54, 1.807) is 60.7 Å². The van der Waals surface area contributed by atoms with Crippen molar-refractivity contribution in [1.82, 2.24) is 4.90 Å². The summed E-state index contributed by atoms with van der Waals surface area (Å²) in [7, 11) is 1.53. The summed E-state index contributed by atoms with van der Waals surface area (Å²) >= 11 is 0. The number of nitrogens with zero attached hydrogens (tertiary/aromatic N) is 1. The molecule has 2 N–H and O–H groups in total. The molecule has 0 aliphatic carbocycles. The second-order valence-electron chi connectivity index (χ2n) is 8.16. The lowest BCUT2D eigenvalue weighted by Gasteiger charge is -2.25. The number of amides is 1. The van der Waals surface area contributed by atoms with Gasteiger partial charge in [0.05, 0.1) is 30.9 Å². The molecule has 8 nitrogen and oxygen atoms in total. The van der Waals surface area contributed by atoms with Crippen LogP contribution >= 0.6 is 0 Å². The Bertz CT molecular complexity index is 1330. The monoisotopic (exact) mass is 487 g/mol. The van der Waals surface area contributed by atoms with Crippen molar-refractivity contribution in [2.24, 2.45) is 0 Å². The molecule has 184 valence electrons. The van der Waals surface area contributed by atoms with Crippen molar-refractivity contribution in [2.75, 3.05) is 13.7 Å². The van der Waals surface area contributed by atoms with Gasteiger partial charge in [0, 0.05) is 12.1 Å². The SMILES string of the molecule is CCOc1cccc(/C(O)=C2\C(=O)C(=O)N(Cc3ccc(C(=O)O)cc3)C2c2ccc(OC)cc2)c1. The van der Waals surface area contributed by atoms with Crippen LogP contribution in [0.3, 0.4) is 0 Å². The maximum absolute atomic E-state index is 13.2. The van der Waals surface area contributed by atoms with Gasteiger partial charge in [-0.1, -0.05) is 36.4 Å². The van der Waals surface area contributed by atoms with Crippen LogP contribution in [0, 0.1) is 0 Å². The summed E-state index contributed by atoms with van der Waals surface area (Å²) in [5.41, 5.74) is 1.67. The van der Waals surface area contributed by atoms with Gasteiger partial charge >= 0.3 is 5.97 Å². The number of ether oxygens (including phenoxy) is 2. The van der Waals surface area contributed by atoms with E-state index in [9.17, 15) is 19.5 Å². The number of ketones is 1. The van der Waals surface area contributed by atoms with Crippen molar-refractivity contribution >= 4 is 23.4 Å². The Labute approximate surface area is 208 Å². The molecular weight excluding hydrogens is 462 g/mol. The summed E-state index contributed by atoms with van der Waals surface area (Å²) in [5.74, 6) is -1.81. The summed E-state index contributed by atoms with van der Waals surface area (Å²) in [6.07, 6.45) is 0. The van der Waals surface area contributed by atoms with E-state index in [4.69, 9.17) is 14.6 Å². The van der Waals surface area contributed by atoms with E-state index >= 15 is 0 Å². The first-order valence-corrected chi connectivity index (χ1v) is 11.3. The van der Waals surface area contributed by atoms with E-state index in [0.717, 1.165) is 0 Å². The highest BCUT2D eigenvalue weighted by Gasteiger charge is 2.46. The van der Waals surface area contributed by atoms with Crippen LogP contribution < -0.4 is 9.47 Å². The maximum Gasteiger partial charge on any atom is 0.335 e. The fourth-order valence-electron chi connectivity index (χ4n) is 4.18. The molecule has 0 saturated carbocycles. The summed E-state index contributed by atoms with van der Waals surface area (Å²) in [4.78, 5) is 39.0. The number of aliphatic hydroxyl groups is 1. The average molecular weight is 488 g/mol. The van der Waals surface area contributed by atoms with Gasteiger partial charge in [-0.15, -0.1) is 0 Å². The number of hydrogen-bond acceptors (Lipinski definition) is 6. The number of methoxy groups -OCH3 is 1. The molecule has 1 saturated heterocycles. The molecule has 36 heavy (non-hydrogen) atoms. The van der Waals surface area contributed by atoms with Gasteiger partial charge in [-0.25, -0.2) is 4.79 Å². The highest BCUT2D eigenvalue weighted by atomic mass is 16.5. The van der Waals surface area contributed by atoms with Crippen molar-refractivity contribution in [2.45, 2.75) is 19.5 Å². The molecule has 1 heterocycles. The number of carboxylic acid groups (broad SMARTS) is 1. The molecule has 8 heteroatoms. The third kappa shape index (κ3) is 4.79. The van der Waals surface area contributed by atoms with E-state index in [0.29, 0.717) is 34.8 Å². The van der Waals surface area contributed by atoms with Crippen LogP contribution in [0.2, 0.25) is 0 Å². The Hall–Kier alpha value is -4.59. The molecule has 1 unspecified atom stereocenters. The van der Waals surface area contributed by atoms with Gasteiger partial charge < -0.3 is 24.6 Å². The summed E-state index contributed by atoms with van der Waals surface area (Å²) in [5, 5.41) is 20.4. The fourth-order valence-corrected chi connectivity index (χ4v) is 4.18. The zero-order chi connectivity index (χ0) is 25.8. The Morgan fingerprint density at radius 2 is 1.61 bits per heavy atom. The lowest BCUT2D eigenvalue weighted by atomic mass is 9.95. The Kier molecular flexibility index (Phi) is 7.05. The molecule has 1 aliphatic heterocycles. The van der Waals surface area contributed by atoms with E-state index < -0.39 is 23.7 Å². The molecule has 4 rings (SSSR count). The summed E-state index contributed by atoms with van der Waals surface area (Å²) < 4.78 is 10.8. The number of aliphatic hydroxyl groups excluding tert-OH is 1. The maximum atomic E-state index is 13.2. The third-order valence-corrected chi connectivity index (χ3v) is 5.94. The topological polar surface area (TPSA) is 113 Å². The van der Waals surface area contributed by atoms with Crippen LogP contribution in [0.5, 0.6) is 11.5 Å². The fraction of sp³-hybridized carbons (Fsp3) is 0.179. The molecule has 3 aromatic carbocycles. The van der Waals surface area contributed by atoms with Crippen LogP contribution in [0.4, 0.5) is 0 Å². The minimum atomic E-state index is -1.06. The predicted molar refractivity (Wildman–Crippen MR) is 132 cm³/mol. The van der Waals surface area contributed by atoms with E-state index in [2.05, 4.69) is 0 Å². The third-order valence-electron chi connectivity index (χ3n) is 5.94. The second-order valence-corrected chi connectivity index (χ2v) is 8.16. The predicted octanol–water partition coefficient (Wildman–Crippen LogP) is 4.41. The summed E-state index contributed by atoms with van der Waals surface area (Å²) in [6.45, 7) is 2.31. The smallest absolute Gasteiger partial charge is 0.335 e. The molecule has 0 bridgehead atoms. The van der Waals surface area contributed by atoms with Gasteiger partial charge in [0.2, 0.25) is 0 Å². The van der Waals surface area contributed by atoms with Crippen molar-refractivity contribution in [1.29, 1.82) is 0 Å². The standard InChI is InChI=1S/C28H25NO7/c1-3-36-22-6-4-5-20(15-22)25(30)23-24(18-11-13-21(35-2)14-12-18)29(27(32)26(23)31)16-17-7-9-19(10-8-17)28(33)34/h4-15,24,30H,3,16H2,1-2H3,(H,33,34)/b25-23+. The summed E-state index contributed by atoms with van der Waals surface area (Å²) in [6, 6.07) is 18.8. The van der Waals surface area contributed by atoms with Crippen molar-refractivity contribution in [3.8, 4) is 11.5 Å². The van der Waals surface area contributed by atoms with E-state index in [1.807, 2.05) is 6.92 Å². The zero-order valence-electron chi connectivity index (χ0n) is 19.8.